The molecule has 2 aromatic heterocycles. The third-order valence-corrected chi connectivity index (χ3v) is 8.97. The summed E-state index contributed by atoms with van der Waals surface area (Å²) in [6, 6.07) is 23.7. The molecule has 0 aliphatic carbocycles. The number of carbonyl (C=O) groups excluding carboxylic acids is 3. The summed E-state index contributed by atoms with van der Waals surface area (Å²) in [4.78, 5) is 67.3. The maximum Gasteiger partial charge on any atom is 0.414 e. The zero-order chi connectivity index (χ0) is 39.3. The minimum absolute atomic E-state index is 0.132. The van der Waals surface area contributed by atoms with E-state index in [1.54, 1.807) is 73.8 Å². The minimum Gasteiger partial charge on any atom is -0.465 e. The van der Waals surface area contributed by atoms with Crippen molar-refractivity contribution in [2.24, 2.45) is 0 Å². The molecule has 5 aromatic rings. The first-order valence-corrected chi connectivity index (χ1v) is 18.0. The number of rotatable bonds is 10. The van der Waals surface area contributed by atoms with E-state index in [1.807, 2.05) is 60.4 Å². The molecule has 6 rings (SSSR count). The molecule has 0 saturated carbocycles. The average molecular weight is 748 g/mol. The van der Waals surface area contributed by atoms with Gasteiger partial charge in [-0.25, -0.2) is 19.4 Å². The SMILES string of the molecule is COC(=O)c1cccc(Nc2ncc3cc(N4CCN(C(=O)OCc5ccccc5)c5c(C)cccc54)c(=O)n(CCCN(C)C(=O)OC(C)(C)C)c3n2)c1. The van der Waals surface area contributed by atoms with Crippen LogP contribution in [0.4, 0.5) is 38.3 Å². The lowest BCUT2D eigenvalue weighted by Crippen LogP contribution is -2.44. The Morgan fingerprint density at radius 2 is 1.71 bits per heavy atom. The highest BCUT2D eigenvalue weighted by Crippen LogP contribution is 2.40. The molecule has 0 fully saturated rings. The van der Waals surface area contributed by atoms with Crippen molar-refractivity contribution >= 4 is 57.9 Å². The van der Waals surface area contributed by atoms with Gasteiger partial charge in [-0.15, -0.1) is 0 Å². The lowest BCUT2D eigenvalue weighted by molar-refractivity contribution is 0.0295. The number of methoxy groups -OCH3 is 1. The molecule has 0 radical (unpaired) electrons. The van der Waals surface area contributed by atoms with Gasteiger partial charge in [0.15, 0.2) is 0 Å². The summed E-state index contributed by atoms with van der Waals surface area (Å²) in [6.45, 7) is 8.59. The van der Waals surface area contributed by atoms with Crippen LogP contribution in [0.1, 0.15) is 48.7 Å². The van der Waals surface area contributed by atoms with Gasteiger partial charge in [-0.05, 0) is 75.6 Å². The highest BCUT2D eigenvalue weighted by Gasteiger charge is 2.32. The molecule has 1 N–H and O–H groups in total. The van der Waals surface area contributed by atoms with Gasteiger partial charge in [0, 0.05) is 50.5 Å². The highest BCUT2D eigenvalue weighted by atomic mass is 16.6. The van der Waals surface area contributed by atoms with Gasteiger partial charge in [-0.2, -0.15) is 4.98 Å². The number of nitrogens with zero attached hydrogens (tertiary/aromatic N) is 6. The second-order valence-electron chi connectivity index (χ2n) is 14.2. The minimum atomic E-state index is -0.652. The molecule has 1 aliphatic heterocycles. The first kappa shape index (κ1) is 38.3. The Labute approximate surface area is 319 Å². The Balaban J connectivity index is 1.35. The van der Waals surface area contributed by atoms with E-state index in [9.17, 15) is 19.2 Å². The summed E-state index contributed by atoms with van der Waals surface area (Å²) in [5, 5.41) is 3.73. The Morgan fingerprint density at radius 3 is 2.45 bits per heavy atom. The number of nitrogens with one attached hydrogen (secondary N) is 1. The molecule has 14 heteroatoms. The van der Waals surface area contributed by atoms with Crippen LogP contribution in [0.25, 0.3) is 11.0 Å². The number of ether oxygens (including phenoxy) is 3. The van der Waals surface area contributed by atoms with E-state index in [1.165, 1.54) is 12.0 Å². The molecule has 3 heterocycles. The highest BCUT2D eigenvalue weighted by molar-refractivity contribution is 5.97. The molecule has 0 bridgehead atoms. The standard InChI is InChI=1S/C41H45N7O7/c1-27-13-10-18-32-34(27)47(40(52)54-26-28-14-8-7-9-15-28)22-21-46(32)33-24-30-25-42-38(43-31-17-11-16-29(23-31)37(50)53-6)44-35(30)48(36(33)49)20-12-19-45(5)39(51)55-41(2,3)4/h7-11,13-18,23-25H,12,19-22,26H2,1-6H3,(H,42,43,44). The maximum atomic E-state index is 14.6. The predicted molar refractivity (Wildman–Crippen MR) is 211 cm³/mol. The number of para-hydroxylation sites is 1. The molecule has 3 aromatic carbocycles. The topological polar surface area (TPSA) is 148 Å². The zero-order valence-electron chi connectivity index (χ0n) is 31.9. The number of anilines is 5. The average Bonchev–Trinajstić information content (AvgIpc) is 3.17. The first-order valence-electron chi connectivity index (χ1n) is 18.0. The fourth-order valence-electron chi connectivity index (χ4n) is 6.35. The molecular weight excluding hydrogens is 702 g/mol. The number of amides is 2. The Morgan fingerprint density at radius 1 is 0.945 bits per heavy atom. The molecule has 14 nitrogen and oxygen atoms in total. The number of benzene rings is 3. The van der Waals surface area contributed by atoms with E-state index in [2.05, 4.69) is 10.3 Å². The van der Waals surface area contributed by atoms with E-state index in [0.29, 0.717) is 58.9 Å². The predicted octanol–water partition coefficient (Wildman–Crippen LogP) is 7.18. The van der Waals surface area contributed by atoms with Gasteiger partial charge in [0.2, 0.25) is 5.95 Å². The largest absolute Gasteiger partial charge is 0.465 e. The molecule has 0 unspecified atom stereocenters. The van der Waals surface area contributed by atoms with Gasteiger partial charge in [0.25, 0.3) is 5.56 Å². The van der Waals surface area contributed by atoms with Crippen molar-refractivity contribution in [3.05, 3.63) is 112 Å². The van der Waals surface area contributed by atoms with Crippen molar-refractivity contribution in [2.45, 2.75) is 52.9 Å². The number of aromatic nitrogens is 3. The van der Waals surface area contributed by atoms with Gasteiger partial charge < -0.3 is 29.3 Å². The monoisotopic (exact) mass is 747 g/mol. The second kappa shape index (κ2) is 16.3. The molecule has 55 heavy (non-hydrogen) atoms. The van der Waals surface area contributed by atoms with Crippen LogP contribution >= 0.6 is 0 Å². The summed E-state index contributed by atoms with van der Waals surface area (Å²) in [7, 11) is 2.97. The van der Waals surface area contributed by atoms with Crippen LogP contribution < -0.4 is 20.7 Å². The lowest BCUT2D eigenvalue weighted by Gasteiger charge is -2.38. The van der Waals surface area contributed by atoms with Crippen LogP contribution in [0.15, 0.2) is 89.9 Å². The molecular formula is C41H45N7O7. The molecule has 0 saturated heterocycles. The van der Waals surface area contributed by atoms with Crippen molar-refractivity contribution in [3.63, 3.8) is 0 Å². The third kappa shape index (κ3) is 8.86. The van der Waals surface area contributed by atoms with Crippen LogP contribution in [0, 0.1) is 6.92 Å². The van der Waals surface area contributed by atoms with E-state index < -0.39 is 23.8 Å². The summed E-state index contributed by atoms with van der Waals surface area (Å²) >= 11 is 0. The Bertz CT molecular complexity index is 2270. The van der Waals surface area contributed by atoms with Crippen LogP contribution in [0.5, 0.6) is 0 Å². The van der Waals surface area contributed by atoms with E-state index in [4.69, 9.17) is 19.2 Å². The molecule has 1 aliphatic rings. The molecule has 286 valence electrons. The van der Waals surface area contributed by atoms with Crippen molar-refractivity contribution in [2.75, 3.05) is 48.9 Å². The quantitative estimate of drug-likeness (QED) is 0.114. The van der Waals surface area contributed by atoms with Gasteiger partial charge in [-0.1, -0.05) is 48.5 Å². The number of hydrogen-bond donors (Lipinski definition) is 1. The van der Waals surface area contributed by atoms with E-state index in [-0.39, 0.29) is 31.2 Å². The van der Waals surface area contributed by atoms with E-state index in [0.717, 1.165) is 11.1 Å². The van der Waals surface area contributed by atoms with Crippen molar-refractivity contribution < 1.29 is 28.6 Å². The smallest absolute Gasteiger partial charge is 0.414 e. The Kier molecular flexibility index (Phi) is 11.3. The van der Waals surface area contributed by atoms with E-state index >= 15 is 0 Å². The van der Waals surface area contributed by atoms with Crippen molar-refractivity contribution in [1.29, 1.82) is 0 Å². The van der Waals surface area contributed by atoms with Gasteiger partial charge in [0.1, 0.15) is 23.5 Å². The molecule has 0 spiro atoms. The number of pyridine rings is 1. The van der Waals surface area contributed by atoms with Crippen molar-refractivity contribution in [3.8, 4) is 0 Å². The second-order valence-corrected chi connectivity index (χ2v) is 14.2. The van der Waals surface area contributed by atoms with Crippen LogP contribution in [0.2, 0.25) is 0 Å². The maximum absolute atomic E-state index is 14.6. The number of hydrogen-bond acceptors (Lipinski definition) is 11. The summed E-state index contributed by atoms with van der Waals surface area (Å²) in [6.07, 6.45) is 1.11. The van der Waals surface area contributed by atoms with Gasteiger partial charge in [0.05, 0.1) is 24.0 Å². The Hall–Kier alpha value is -6.44. The number of fused-ring (bicyclic) bond motifs is 2. The number of carbonyl (C=O) groups is 3. The first-order chi connectivity index (χ1) is 26.3. The van der Waals surface area contributed by atoms with Crippen molar-refractivity contribution in [1.82, 2.24) is 19.4 Å². The van der Waals surface area contributed by atoms with Gasteiger partial charge in [-0.3, -0.25) is 14.3 Å². The number of aryl methyl sites for hydroxylation is 2. The summed E-state index contributed by atoms with van der Waals surface area (Å²) in [5.74, 6) is -0.271. The number of esters is 1. The lowest BCUT2D eigenvalue weighted by atomic mass is 10.1. The summed E-state index contributed by atoms with van der Waals surface area (Å²) < 4.78 is 17.7. The van der Waals surface area contributed by atoms with Crippen LogP contribution in [-0.4, -0.2) is 77.0 Å². The zero-order valence-corrected chi connectivity index (χ0v) is 31.9. The fraction of sp³-hybridized carbons (Fsp3) is 0.317. The fourth-order valence-corrected chi connectivity index (χ4v) is 6.35. The third-order valence-electron chi connectivity index (χ3n) is 8.97. The molecule has 2 amide bonds. The van der Waals surface area contributed by atoms with Crippen LogP contribution in [0.3, 0.4) is 0 Å². The van der Waals surface area contributed by atoms with Gasteiger partial charge >= 0.3 is 18.2 Å². The summed E-state index contributed by atoms with van der Waals surface area (Å²) in [5.41, 5.74) is 3.77. The van der Waals surface area contributed by atoms with Crippen LogP contribution in [-0.2, 0) is 27.4 Å². The normalized spacial score (nSPS) is 12.5. The molecule has 0 atom stereocenters.